The van der Waals surface area contributed by atoms with Gasteiger partial charge in [-0.25, -0.2) is 0 Å². The Morgan fingerprint density at radius 2 is 1.87 bits per heavy atom. The zero-order chi connectivity index (χ0) is 20.2. The molecule has 0 radical (unpaired) electrons. The number of aryl methyl sites for hydroxylation is 1. The van der Waals surface area contributed by atoms with Gasteiger partial charge < -0.3 is 20.3 Å². The van der Waals surface area contributed by atoms with Gasteiger partial charge in [0.2, 0.25) is 0 Å². The van der Waals surface area contributed by atoms with Gasteiger partial charge in [0.25, 0.3) is 0 Å². The molecule has 1 aromatic heterocycles. The minimum absolute atomic E-state index is 0.00974. The molecule has 3 heterocycles. The van der Waals surface area contributed by atoms with Crippen LogP contribution in [0.25, 0.3) is 11.3 Å². The van der Waals surface area contributed by atoms with Gasteiger partial charge in [0, 0.05) is 17.5 Å². The lowest BCUT2D eigenvalue weighted by molar-refractivity contribution is 0.0324. The smallest absolute Gasteiger partial charge is 0.155 e. The quantitative estimate of drug-likeness (QED) is 0.717. The molecule has 6 nitrogen and oxygen atoms in total. The molecule has 2 aliphatic heterocycles. The van der Waals surface area contributed by atoms with Crippen molar-refractivity contribution < 1.29 is 14.9 Å². The van der Waals surface area contributed by atoms with Crippen LogP contribution in [0, 0.1) is 0 Å². The molecule has 158 valence electrons. The SMILES string of the molecule is Oc1c(-c2nnc(N[C@@H]3CCCC[C@H]3O)c3c2C[C@@H]2CC[C@H]3O2)ccc2c1CCC2. The van der Waals surface area contributed by atoms with E-state index in [9.17, 15) is 10.2 Å². The summed E-state index contributed by atoms with van der Waals surface area (Å²) < 4.78 is 6.24. The minimum Gasteiger partial charge on any atom is -0.507 e. The van der Waals surface area contributed by atoms with E-state index in [1.807, 2.05) is 6.07 Å². The van der Waals surface area contributed by atoms with Crippen LogP contribution in [-0.4, -0.2) is 38.7 Å². The van der Waals surface area contributed by atoms with Crippen molar-refractivity contribution >= 4 is 5.82 Å². The fourth-order valence-electron chi connectivity index (χ4n) is 5.95. The van der Waals surface area contributed by atoms with Crippen LogP contribution >= 0.6 is 0 Å². The van der Waals surface area contributed by atoms with Gasteiger partial charge in [-0.1, -0.05) is 18.9 Å². The van der Waals surface area contributed by atoms with Gasteiger partial charge in [0.05, 0.1) is 24.4 Å². The molecule has 0 amide bonds. The second-order valence-electron chi connectivity index (χ2n) is 9.37. The Hall–Kier alpha value is -2.18. The number of aliphatic hydroxyl groups excluding tert-OH is 1. The van der Waals surface area contributed by atoms with Gasteiger partial charge in [-0.2, -0.15) is 0 Å². The predicted octanol–water partition coefficient (Wildman–Crippen LogP) is 3.83. The standard InChI is InChI=1S/C24H29N3O3/c28-19-7-2-1-6-18(19)25-24-21-17(12-14-9-11-20(21)30-14)22(26-27-24)16-10-8-13-4-3-5-15(13)23(16)29/h8,10,14,18-20,28-29H,1-7,9,11-12H2,(H,25,27)/t14-,18+,19+,20+/m0/s1. The lowest BCUT2D eigenvalue weighted by Gasteiger charge is -2.32. The molecule has 1 aromatic carbocycles. The summed E-state index contributed by atoms with van der Waals surface area (Å²) in [5, 5.41) is 34.2. The number of benzene rings is 1. The molecule has 2 aromatic rings. The molecule has 3 N–H and O–H groups in total. The van der Waals surface area contributed by atoms with Crippen LogP contribution in [-0.2, 0) is 24.0 Å². The summed E-state index contributed by atoms with van der Waals surface area (Å²) in [6.45, 7) is 0. The lowest BCUT2D eigenvalue weighted by atomic mass is 9.90. The second-order valence-corrected chi connectivity index (χ2v) is 9.37. The van der Waals surface area contributed by atoms with Crippen LogP contribution in [0.15, 0.2) is 12.1 Å². The highest BCUT2D eigenvalue weighted by Gasteiger charge is 2.39. The minimum atomic E-state index is -0.350. The van der Waals surface area contributed by atoms with Crippen LogP contribution < -0.4 is 5.32 Å². The summed E-state index contributed by atoms with van der Waals surface area (Å²) in [4.78, 5) is 0. The molecule has 4 atom stereocenters. The van der Waals surface area contributed by atoms with Crippen molar-refractivity contribution in [3.63, 3.8) is 0 Å². The van der Waals surface area contributed by atoms with Gasteiger partial charge in [-0.05, 0) is 67.7 Å². The molecule has 2 aliphatic carbocycles. The van der Waals surface area contributed by atoms with Crippen molar-refractivity contribution in [2.24, 2.45) is 0 Å². The molecular formula is C24H29N3O3. The molecule has 6 rings (SSSR count). The molecule has 6 heteroatoms. The second kappa shape index (κ2) is 7.20. The van der Waals surface area contributed by atoms with Crippen molar-refractivity contribution in [3.8, 4) is 17.0 Å². The number of nitrogens with zero attached hydrogens (tertiary/aromatic N) is 2. The number of nitrogens with one attached hydrogen (secondary N) is 1. The van der Waals surface area contributed by atoms with E-state index >= 15 is 0 Å². The Bertz CT molecular complexity index is 992. The first-order valence-electron chi connectivity index (χ1n) is 11.5. The topological polar surface area (TPSA) is 87.5 Å². The third-order valence-corrected chi connectivity index (χ3v) is 7.54. The Balaban J connectivity index is 1.45. The summed E-state index contributed by atoms with van der Waals surface area (Å²) in [6.07, 6.45) is 9.75. The van der Waals surface area contributed by atoms with E-state index in [4.69, 9.17) is 4.74 Å². The molecular weight excluding hydrogens is 378 g/mol. The fourth-order valence-corrected chi connectivity index (χ4v) is 5.95. The van der Waals surface area contributed by atoms with Crippen LogP contribution in [0.5, 0.6) is 5.75 Å². The average Bonchev–Trinajstić information content (AvgIpc) is 3.38. The number of phenolic OH excluding ortho intramolecular Hbond substituents is 1. The molecule has 30 heavy (non-hydrogen) atoms. The Kier molecular flexibility index (Phi) is 4.46. The highest BCUT2D eigenvalue weighted by molar-refractivity contribution is 5.75. The maximum Gasteiger partial charge on any atom is 0.155 e. The van der Waals surface area contributed by atoms with Crippen molar-refractivity contribution in [2.75, 3.05) is 5.32 Å². The molecule has 1 saturated carbocycles. The summed E-state index contributed by atoms with van der Waals surface area (Å²) in [7, 11) is 0. The number of ether oxygens (including phenoxy) is 1. The van der Waals surface area contributed by atoms with E-state index in [-0.39, 0.29) is 24.4 Å². The number of hydrogen-bond acceptors (Lipinski definition) is 6. The summed E-state index contributed by atoms with van der Waals surface area (Å²) in [6, 6.07) is 4.17. The van der Waals surface area contributed by atoms with Crippen LogP contribution in [0.4, 0.5) is 5.82 Å². The molecule has 0 spiro atoms. The predicted molar refractivity (Wildman–Crippen MR) is 114 cm³/mol. The van der Waals surface area contributed by atoms with Gasteiger partial charge >= 0.3 is 0 Å². The zero-order valence-corrected chi connectivity index (χ0v) is 17.2. The van der Waals surface area contributed by atoms with E-state index in [1.165, 1.54) is 5.56 Å². The number of rotatable bonds is 3. The monoisotopic (exact) mass is 407 g/mol. The number of hydrogen-bond donors (Lipinski definition) is 3. The molecule has 2 fully saturated rings. The lowest BCUT2D eigenvalue weighted by Crippen LogP contribution is -2.37. The van der Waals surface area contributed by atoms with Crippen LogP contribution in [0.3, 0.4) is 0 Å². The number of aliphatic hydroxyl groups is 1. The Morgan fingerprint density at radius 1 is 0.967 bits per heavy atom. The number of fused-ring (bicyclic) bond motifs is 5. The van der Waals surface area contributed by atoms with E-state index in [1.54, 1.807) is 0 Å². The molecule has 1 saturated heterocycles. The van der Waals surface area contributed by atoms with Crippen molar-refractivity contribution in [3.05, 3.63) is 34.4 Å². The van der Waals surface area contributed by atoms with E-state index < -0.39 is 0 Å². The van der Waals surface area contributed by atoms with Gasteiger partial charge in [-0.3, -0.25) is 0 Å². The average molecular weight is 408 g/mol. The highest BCUT2D eigenvalue weighted by atomic mass is 16.5. The van der Waals surface area contributed by atoms with Gasteiger partial charge in [0.15, 0.2) is 5.82 Å². The number of phenols is 1. The maximum absolute atomic E-state index is 11.0. The first kappa shape index (κ1) is 18.6. The van der Waals surface area contributed by atoms with Gasteiger partial charge in [-0.15, -0.1) is 10.2 Å². The third kappa shape index (κ3) is 2.92. The van der Waals surface area contributed by atoms with Crippen molar-refractivity contribution in [2.45, 2.75) is 88.6 Å². The highest BCUT2D eigenvalue weighted by Crippen LogP contribution is 2.48. The number of anilines is 1. The number of aromatic hydroxyl groups is 1. The number of aromatic nitrogens is 2. The summed E-state index contributed by atoms with van der Waals surface area (Å²) >= 11 is 0. The fraction of sp³-hybridized carbons (Fsp3) is 0.583. The molecule has 2 bridgehead atoms. The first-order valence-corrected chi connectivity index (χ1v) is 11.5. The molecule has 0 unspecified atom stereocenters. The molecule has 4 aliphatic rings. The van der Waals surface area contributed by atoms with Crippen LogP contribution in [0.1, 0.15) is 73.3 Å². The first-order chi connectivity index (χ1) is 14.7. The summed E-state index contributed by atoms with van der Waals surface area (Å²) in [5.74, 6) is 1.13. The zero-order valence-electron chi connectivity index (χ0n) is 17.2. The van der Waals surface area contributed by atoms with Crippen molar-refractivity contribution in [1.29, 1.82) is 0 Å². The van der Waals surface area contributed by atoms with Crippen molar-refractivity contribution in [1.82, 2.24) is 10.2 Å². The Labute approximate surface area is 176 Å². The van der Waals surface area contributed by atoms with E-state index in [2.05, 4.69) is 21.6 Å². The van der Waals surface area contributed by atoms with E-state index in [0.717, 1.165) is 98.0 Å². The van der Waals surface area contributed by atoms with Crippen LogP contribution in [0.2, 0.25) is 0 Å². The normalized spacial score (nSPS) is 29.5. The third-order valence-electron chi connectivity index (χ3n) is 7.54. The van der Waals surface area contributed by atoms with E-state index in [0.29, 0.717) is 5.75 Å². The summed E-state index contributed by atoms with van der Waals surface area (Å²) in [5.41, 5.74) is 6.17. The Morgan fingerprint density at radius 3 is 2.77 bits per heavy atom. The van der Waals surface area contributed by atoms with Gasteiger partial charge in [0.1, 0.15) is 11.4 Å². The largest absolute Gasteiger partial charge is 0.507 e. The maximum atomic E-state index is 11.0.